The Morgan fingerprint density at radius 2 is 1.89 bits per heavy atom. The minimum Gasteiger partial charge on any atom is -0.494 e. The van der Waals surface area contributed by atoms with E-state index in [0.717, 1.165) is 23.1 Å². The van der Waals surface area contributed by atoms with Crippen molar-refractivity contribution in [1.29, 1.82) is 0 Å². The van der Waals surface area contributed by atoms with E-state index in [1.807, 2.05) is 23.8 Å². The summed E-state index contributed by atoms with van der Waals surface area (Å²) in [7, 11) is 1.54. The first kappa shape index (κ1) is 25.3. The third-order valence-corrected chi connectivity index (χ3v) is 5.30. The second kappa shape index (κ2) is 10.4. The summed E-state index contributed by atoms with van der Waals surface area (Å²) >= 11 is 0. The van der Waals surface area contributed by atoms with E-state index in [0.29, 0.717) is 17.0 Å². The van der Waals surface area contributed by atoms with Crippen LogP contribution in [0.2, 0.25) is 0 Å². The quantitative estimate of drug-likeness (QED) is 0.322. The highest BCUT2D eigenvalue weighted by atomic mass is 19.4. The second-order valence-electron chi connectivity index (χ2n) is 7.99. The average molecular weight is 508 g/mol. The summed E-state index contributed by atoms with van der Waals surface area (Å²) in [5.74, 6) is 0.656. The molecule has 0 radical (unpaired) electrons. The second-order valence-corrected chi connectivity index (χ2v) is 7.99. The Bertz CT molecular complexity index is 1450. The van der Waals surface area contributed by atoms with Gasteiger partial charge < -0.3 is 24.9 Å². The molecule has 8 nitrogen and oxygen atoms in total. The van der Waals surface area contributed by atoms with Crippen molar-refractivity contribution in [3.05, 3.63) is 109 Å². The number of aryl methyl sites for hydroxylation is 1. The molecule has 2 aromatic carbocycles. The van der Waals surface area contributed by atoms with Gasteiger partial charge in [-0.3, -0.25) is 0 Å². The van der Waals surface area contributed by atoms with Crippen LogP contribution in [0.5, 0.6) is 5.75 Å². The average Bonchev–Trinajstić information content (AvgIpc) is 3.55. The minimum atomic E-state index is -4.71. The molecule has 2 aromatic heterocycles. The van der Waals surface area contributed by atoms with Gasteiger partial charge in [0.2, 0.25) is 0 Å². The van der Waals surface area contributed by atoms with Gasteiger partial charge in [-0.05, 0) is 37.3 Å². The Balaban J connectivity index is 1.63. The molecule has 4 aromatic rings. The zero-order valence-electron chi connectivity index (χ0n) is 20.1. The van der Waals surface area contributed by atoms with Gasteiger partial charge in [0.15, 0.2) is 0 Å². The molecule has 0 bridgehead atoms. The summed E-state index contributed by atoms with van der Waals surface area (Å²) in [6.07, 6.45) is 4.60. The Morgan fingerprint density at radius 1 is 1.14 bits per heavy atom. The Kier molecular flexibility index (Phi) is 7.14. The van der Waals surface area contributed by atoms with Crippen molar-refractivity contribution in [1.82, 2.24) is 19.1 Å². The van der Waals surface area contributed by atoms with Crippen molar-refractivity contribution < 1.29 is 17.9 Å². The number of anilines is 1. The topological polar surface area (TPSA) is 95.3 Å². The van der Waals surface area contributed by atoms with Crippen LogP contribution >= 0.6 is 0 Å². The van der Waals surface area contributed by atoms with Gasteiger partial charge in [-0.2, -0.15) is 13.2 Å². The van der Waals surface area contributed by atoms with Crippen LogP contribution in [0.4, 0.5) is 18.9 Å². The zero-order chi connectivity index (χ0) is 26.6. The molecule has 2 heterocycles. The number of hydrogen-bond acceptors (Lipinski definition) is 6. The Hall–Kier alpha value is -4.80. The molecule has 37 heavy (non-hydrogen) atoms. The molecule has 190 valence electrons. The van der Waals surface area contributed by atoms with Gasteiger partial charge in [0.05, 0.1) is 36.9 Å². The van der Waals surface area contributed by atoms with Crippen LogP contribution < -0.4 is 15.8 Å². The van der Waals surface area contributed by atoms with Crippen molar-refractivity contribution in [3.8, 4) is 17.1 Å². The number of alkyl halides is 3. The molecule has 0 aliphatic heterocycles. The molecule has 0 atom stereocenters. The first-order valence-corrected chi connectivity index (χ1v) is 11.0. The highest BCUT2D eigenvalue weighted by Gasteiger charge is 2.31. The van der Waals surface area contributed by atoms with Crippen molar-refractivity contribution >= 4 is 11.4 Å². The zero-order valence-corrected chi connectivity index (χ0v) is 20.1. The number of rotatable bonds is 8. The van der Waals surface area contributed by atoms with E-state index in [9.17, 15) is 13.2 Å². The van der Waals surface area contributed by atoms with Crippen LogP contribution in [-0.2, 0) is 0 Å². The third-order valence-electron chi connectivity index (χ3n) is 5.30. The lowest BCUT2D eigenvalue weighted by Crippen LogP contribution is -2.21. The molecular formula is C26H24F3N7O. The Morgan fingerprint density at radius 3 is 2.49 bits per heavy atom. The van der Waals surface area contributed by atoms with Gasteiger partial charge in [-0.25, -0.2) is 15.0 Å². The maximum atomic E-state index is 13.2. The summed E-state index contributed by atoms with van der Waals surface area (Å²) < 4.78 is 48.7. The number of aromatic nitrogens is 4. The molecule has 4 rings (SSSR count). The fourth-order valence-corrected chi connectivity index (χ4v) is 3.49. The SMILES string of the molecule is C=C(/N=C(\C=C(/N)C(F)(F)F)c1ccc(-n2ccnc2)cc1)Nc1ccc(-n2cnc(C)c2)c(OC)c1. The van der Waals surface area contributed by atoms with Crippen LogP contribution in [-0.4, -0.2) is 38.1 Å². The summed E-state index contributed by atoms with van der Waals surface area (Å²) in [5.41, 5.74) is 7.41. The van der Waals surface area contributed by atoms with Gasteiger partial charge in [-0.1, -0.05) is 18.7 Å². The fraction of sp³-hybridized carbons (Fsp3) is 0.115. The van der Waals surface area contributed by atoms with E-state index >= 15 is 0 Å². The van der Waals surface area contributed by atoms with Gasteiger partial charge in [-0.15, -0.1) is 0 Å². The van der Waals surface area contributed by atoms with Crippen molar-refractivity contribution in [2.75, 3.05) is 12.4 Å². The minimum absolute atomic E-state index is 0.0121. The van der Waals surface area contributed by atoms with Crippen LogP contribution in [0, 0.1) is 6.92 Å². The van der Waals surface area contributed by atoms with Gasteiger partial charge in [0.25, 0.3) is 0 Å². The molecule has 3 N–H and O–H groups in total. The predicted molar refractivity (Wildman–Crippen MR) is 136 cm³/mol. The van der Waals surface area contributed by atoms with E-state index in [2.05, 4.69) is 26.9 Å². The summed E-state index contributed by atoms with van der Waals surface area (Å²) in [6, 6.07) is 12.1. The maximum Gasteiger partial charge on any atom is 0.430 e. The fourth-order valence-electron chi connectivity index (χ4n) is 3.49. The molecule has 0 spiro atoms. The lowest BCUT2D eigenvalue weighted by Gasteiger charge is -2.13. The molecule has 0 fully saturated rings. The van der Waals surface area contributed by atoms with Crippen LogP contribution in [0.1, 0.15) is 11.3 Å². The molecule has 0 unspecified atom stereocenters. The summed E-state index contributed by atoms with van der Waals surface area (Å²) in [6.45, 7) is 5.74. The standard InChI is InChI=1S/C26H24F3N7O/c1-17-14-36(16-32-17)23-9-6-20(12-24(23)37-3)33-18(2)34-22(13-25(30)26(27,28)29)19-4-7-21(8-5-19)35-11-10-31-15-35/h4-16,33H,2,30H2,1,3H3/b25-13-,34-22+. The number of methoxy groups -OCH3 is 1. The van der Waals surface area contributed by atoms with E-state index in [4.69, 9.17) is 10.5 Å². The molecule has 0 amide bonds. The van der Waals surface area contributed by atoms with E-state index in [-0.39, 0.29) is 11.5 Å². The number of allylic oxidation sites excluding steroid dienone is 2. The normalized spacial score (nSPS) is 12.5. The molecule has 0 saturated carbocycles. The molecule has 0 aliphatic rings. The molecular weight excluding hydrogens is 483 g/mol. The first-order chi connectivity index (χ1) is 17.6. The number of benzene rings is 2. The van der Waals surface area contributed by atoms with Crippen LogP contribution in [0.25, 0.3) is 11.4 Å². The number of nitrogens with two attached hydrogens (primary N) is 1. The van der Waals surface area contributed by atoms with E-state index in [1.165, 1.54) is 7.11 Å². The maximum absolute atomic E-state index is 13.2. The monoisotopic (exact) mass is 507 g/mol. The summed E-state index contributed by atoms with van der Waals surface area (Å²) in [4.78, 5) is 12.5. The molecule has 0 saturated heterocycles. The lowest BCUT2D eigenvalue weighted by atomic mass is 10.1. The Labute approximate surface area is 211 Å². The van der Waals surface area contributed by atoms with Crippen LogP contribution in [0.3, 0.4) is 0 Å². The molecule has 0 aliphatic carbocycles. The van der Waals surface area contributed by atoms with Gasteiger partial charge in [0.1, 0.15) is 17.3 Å². The first-order valence-electron chi connectivity index (χ1n) is 11.0. The molecule has 11 heteroatoms. The summed E-state index contributed by atoms with van der Waals surface area (Å²) in [5, 5.41) is 3.00. The number of nitrogens with zero attached hydrogens (tertiary/aromatic N) is 5. The largest absolute Gasteiger partial charge is 0.494 e. The van der Waals surface area contributed by atoms with Crippen molar-refractivity contribution in [2.24, 2.45) is 10.7 Å². The number of hydrogen-bond donors (Lipinski definition) is 2. The number of ether oxygens (including phenoxy) is 1. The van der Waals surface area contributed by atoms with Crippen LogP contribution in [0.15, 0.2) is 103 Å². The number of halogens is 3. The third kappa shape index (κ3) is 6.07. The van der Waals surface area contributed by atoms with Gasteiger partial charge >= 0.3 is 6.18 Å². The van der Waals surface area contributed by atoms with E-state index < -0.39 is 11.9 Å². The van der Waals surface area contributed by atoms with Gasteiger partial charge in [0, 0.05) is 41.6 Å². The smallest absolute Gasteiger partial charge is 0.430 e. The number of nitrogens with one attached hydrogen (secondary N) is 1. The highest BCUT2D eigenvalue weighted by molar-refractivity contribution is 6.09. The highest BCUT2D eigenvalue weighted by Crippen LogP contribution is 2.28. The van der Waals surface area contributed by atoms with Crippen molar-refractivity contribution in [3.63, 3.8) is 0 Å². The predicted octanol–water partition coefficient (Wildman–Crippen LogP) is 5.15. The lowest BCUT2D eigenvalue weighted by molar-refractivity contribution is -0.0925. The number of aliphatic imine (C=N–C) groups is 1. The van der Waals surface area contributed by atoms with E-state index in [1.54, 1.807) is 66.0 Å². The van der Waals surface area contributed by atoms with Crippen molar-refractivity contribution in [2.45, 2.75) is 13.1 Å². The number of imidazole rings is 2.